The van der Waals surface area contributed by atoms with Crippen LogP contribution >= 0.6 is 27.5 Å². The van der Waals surface area contributed by atoms with E-state index in [0.717, 1.165) is 17.3 Å². The van der Waals surface area contributed by atoms with E-state index in [0.29, 0.717) is 10.6 Å². The Labute approximate surface area is 116 Å². The molecule has 0 heterocycles. The van der Waals surface area contributed by atoms with E-state index in [2.05, 4.69) is 21.2 Å². The lowest BCUT2D eigenvalue weighted by atomic mass is 10.0. The molecule has 1 amide bonds. The van der Waals surface area contributed by atoms with Gasteiger partial charge in [-0.1, -0.05) is 33.6 Å². The molecular formula is C13H17BrClNO. The number of nitrogens with one attached hydrogen (secondary N) is 1. The fourth-order valence-electron chi connectivity index (χ4n) is 1.41. The monoisotopic (exact) mass is 317 g/mol. The third kappa shape index (κ3) is 4.32. The van der Waals surface area contributed by atoms with Gasteiger partial charge in [0.05, 0.1) is 0 Å². The fraction of sp³-hybridized carbons (Fsp3) is 0.462. The van der Waals surface area contributed by atoms with Crippen molar-refractivity contribution in [2.24, 2.45) is 0 Å². The van der Waals surface area contributed by atoms with Gasteiger partial charge in [-0.25, -0.2) is 0 Å². The molecule has 0 atom stereocenters. The Balaban J connectivity index is 2.80. The minimum absolute atomic E-state index is 0.0853. The van der Waals surface area contributed by atoms with Crippen LogP contribution in [0.2, 0.25) is 5.02 Å². The Morgan fingerprint density at radius 2 is 2.12 bits per heavy atom. The highest BCUT2D eigenvalue weighted by Gasteiger charge is 2.20. The Kier molecular flexibility index (Phi) is 5.02. The van der Waals surface area contributed by atoms with E-state index in [-0.39, 0.29) is 11.4 Å². The first-order chi connectivity index (χ1) is 7.85. The van der Waals surface area contributed by atoms with Gasteiger partial charge in [0.2, 0.25) is 0 Å². The van der Waals surface area contributed by atoms with Crippen molar-refractivity contribution < 1.29 is 4.79 Å². The normalized spacial score (nSPS) is 11.4. The van der Waals surface area contributed by atoms with Crippen molar-refractivity contribution in [3.63, 3.8) is 0 Å². The number of alkyl halides is 1. The zero-order valence-corrected chi connectivity index (χ0v) is 12.7. The molecule has 0 aliphatic carbocycles. The molecule has 1 aromatic rings. The lowest BCUT2D eigenvalue weighted by Gasteiger charge is -2.25. The van der Waals surface area contributed by atoms with Crippen molar-refractivity contribution in [2.45, 2.75) is 32.7 Å². The molecule has 0 spiro atoms. The maximum absolute atomic E-state index is 12.0. The Bertz CT molecular complexity index is 418. The molecule has 1 aromatic carbocycles. The van der Waals surface area contributed by atoms with Crippen LogP contribution in [0.5, 0.6) is 0 Å². The lowest BCUT2D eigenvalue weighted by Crippen LogP contribution is -2.43. The maximum atomic E-state index is 12.0. The summed E-state index contributed by atoms with van der Waals surface area (Å²) in [5.41, 5.74) is 1.35. The Hall–Kier alpha value is -0.540. The summed E-state index contributed by atoms with van der Waals surface area (Å²) in [5.74, 6) is -0.0853. The molecule has 1 N–H and O–H groups in total. The van der Waals surface area contributed by atoms with Crippen LogP contribution < -0.4 is 5.32 Å². The smallest absolute Gasteiger partial charge is 0.251 e. The first kappa shape index (κ1) is 14.5. The predicted octanol–water partition coefficient (Wildman–Crippen LogP) is 3.94. The largest absolute Gasteiger partial charge is 0.347 e. The maximum Gasteiger partial charge on any atom is 0.251 e. The van der Waals surface area contributed by atoms with E-state index in [1.54, 1.807) is 12.1 Å². The fourth-order valence-corrected chi connectivity index (χ4v) is 2.58. The molecule has 0 bridgehead atoms. The standard InChI is InChI=1S/C13H17BrClNO/c1-9-4-5-10(8-11(9)15)12(17)16-13(2,3)6-7-14/h4-5,8H,6-7H2,1-3H3,(H,16,17). The van der Waals surface area contributed by atoms with Crippen molar-refractivity contribution in [1.82, 2.24) is 5.32 Å². The van der Waals surface area contributed by atoms with Gasteiger partial charge in [-0.05, 0) is 44.9 Å². The third-order valence-corrected chi connectivity index (χ3v) is 3.41. The molecule has 0 aliphatic rings. The highest BCUT2D eigenvalue weighted by Crippen LogP contribution is 2.18. The number of amides is 1. The summed E-state index contributed by atoms with van der Waals surface area (Å²) >= 11 is 9.38. The van der Waals surface area contributed by atoms with Crippen molar-refractivity contribution >= 4 is 33.4 Å². The molecule has 0 radical (unpaired) electrons. The van der Waals surface area contributed by atoms with Gasteiger partial charge in [0, 0.05) is 21.5 Å². The number of aryl methyl sites for hydroxylation is 1. The number of hydrogen-bond donors (Lipinski definition) is 1. The van der Waals surface area contributed by atoms with Crippen molar-refractivity contribution in [3.8, 4) is 0 Å². The van der Waals surface area contributed by atoms with Crippen molar-refractivity contribution in [1.29, 1.82) is 0 Å². The second-order valence-electron chi connectivity index (χ2n) is 4.74. The highest BCUT2D eigenvalue weighted by molar-refractivity contribution is 9.09. The van der Waals surface area contributed by atoms with E-state index in [4.69, 9.17) is 11.6 Å². The molecule has 0 saturated carbocycles. The average molecular weight is 319 g/mol. The number of benzene rings is 1. The van der Waals surface area contributed by atoms with E-state index in [9.17, 15) is 4.79 Å². The van der Waals surface area contributed by atoms with Gasteiger partial charge >= 0.3 is 0 Å². The number of hydrogen-bond acceptors (Lipinski definition) is 1. The number of carbonyl (C=O) groups excluding carboxylic acids is 1. The Morgan fingerprint density at radius 1 is 1.47 bits per heavy atom. The topological polar surface area (TPSA) is 29.1 Å². The van der Waals surface area contributed by atoms with Gasteiger partial charge in [-0.3, -0.25) is 4.79 Å². The first-order valence-electron chi connectivity index (χ1n) is 5.50. The van der Waals surface area contributed by atoms with E-state index < -0.39 is 0 Å². The van der Waals surface area contributed by atoms with Gasteiger partial charge < -0.3 is 5.32 Å². The summed E-state index contributed by atoms with van der Waals surface area (Å²) < 4.78 is 0. The summed E-state index contributed by atoms with van der Waals surface area (Å²) in [6, 6.07) is 5.35. The summed E-state index contributed by atoms with van der Waals surface area (Å²) in [6.07, 6.45) is 0.873. The zero-order chi connectivity index (χ0) is 13.1. The Morgan fingerprint density at radius 3 is 2.65 bits per heavy atom. The molecule has 0 fully saturated rings. The molecule has 17 heavy (non-hydrogen) atoms. The minimum atomic E-state index is -0.224. The number of carbonyl (C=O) groups is 1. The molecule has 0 saturated heterocycles. The molecular weight excluding hydrogens is 302 g/mol. The predicted molar refractivity (Wildman–Crippen MR) is 76.1 cm³/mol. The van der Waals surface area contributed by atoms with Crippen molar-refractivity contribution in [2.75, 3.05) is 5.33 Å². The summed E-state index contributed by atoms with van der Waals surface area (Å²) in [7, 11) is 0. The number of halogens is 2. The summed E-state index contributed by atoms with van der Waals surface area (Å²) in [6.45, 7) is 5.92. The van der Waals surface area contributed by atoms with Crippen LogP contribution in [-0.2, 0) is 0 Å². The van der Waals surface area contributed by atoms with Crippen LogP contribution in [0.15, 0.2) is 18.2 Å². The molecule has 2 nitrogen and oxygen atoms in total. The second kappa shape index (κ2) is 5.87. The third-order valence-electron chi connectivity index (χ3n) is 2.61. The van der Waals surface area contributed by atoms with E-state index in [1.807, 2.05) is 26.8 Å². The lowest BCUT2D eigenvalue weighted by molar-refractivity contribution is 0.0912. The minimum Gasteiger partial charge on any atom is -0.347 e. The van der Waals surface area contributed by atoms with Crippen molar-refractivity contribution in [3.05, 3.63) is 34.3 Å². The first-order valence-corrected chi connectivity index (χ1v) is 7.00. The summed E-state index contributed by atoms with van der Waals surface area (Å²) in [5, 5.41) is 4.47. The van der Waals surface area contributed by atoms with Crippen LogP contribution in [0, 0.1) is 6.92 Å². The molecule has 0 unspecified atom stereocenters. The van der Waals surface area contributed by atoms with Gasteiger partial charge in [-0.15, -0.1) is 0 Å². The average Bonchev–Trinajstić information content (AvgIpc) is 2.21. The molecule has 94 valence electrons. The highest BCUT2D eigenvalue weighted by atomic mass is 79.9. The molecule has 0 aliphatic heterocycles. The molecule has 0 aromatic heterocycles. The number of rotatable bonds is 4. The van der Waals surface area contributed by atoms with Crippen LogP contribution in [0.3, 0.4) is 0 Å². The second-order valence-corrected chi connectivity index (χ2v) is 5.94. The van der Waals surface area contributed by atoms with Crippen LogP contribution in [0.25, 0.3) is 0 Å². The van der Waals surface area contributed by atoms with Gasteiger partial charge in [0.25, 0.3) is 5.91 Å². The SMILES string of the molecule is Cc1ccc(C(=O)NC(C)(C)CCBr)cc1Cl. The molecule has 4 heteroatoms. The van der Waals surface area contributed by atoms with Crippen LogP contribution in [0.4, 0.5) is 0 Å². The summed E-state index contributed by atoms with van der Waals surface area (Å²) in [4.78, 5) is 12.0. The van der Waals surface area contributed by atoms with Gasteiger partial charge in [0.15, 0.2) is 0 Å². The molecule has 1 rings (SSSR count). The van der Waals surface area contributed by atoms with Crippen LogP contribution in [-0.4, -0.2) is 16.8 Å². The zero-order valence-electron chi connectivity index (χ0n) is 10.3. The quantitative estimate of drug-likeness (QED) is 0.837. The van der Waals surface area contributed by atoms with Gasteiger partial charge in [-0.2, -0.15) is 0 Å². The van der Waals surface area contributed by atoms with Crippen LogP contribution in [0.1, 0.15) is 36.2 Å². The van der Waals surface area contributed by atoms with E-state index >= 15 is 0 Å². The van der Waals surface area contributed by atoms with Gasteiger partial charge in [0.1, 0.15) is 0 Å². The van der Waals surface area contributed by atoms with E-state index in [1.165, 1.54) is 0 Å².